The molecule has 9 nitrogen and oxygen atoms in total. The summed E-state index contributed by atoms with van der Waals surface area (Å²) in [6, 6.07) is 4.52. The maximum absolute atomic E-state index is 13.7. The molecule has 1 saturated carbocycles. The minimum absolute atomic E-state index is 0.0141. The van der Waals surface area contributed by atoms with E-state index in [1.165, 1.54) is 6.07 Å². The number of Topliss-reactive ketones (excluding diaryl/α,β-unsaturated/α-hetero) is 2. The maximum atomic E-state index is 13.7. The number of ketones is 2. The zero-order valence-corrected chi connectivity index (χ0v) is 17.7. The fourth-order valence-electron chi connectivity index (χ4n) is 5.81. The quantitative estimate of drug-likeness (QED) is 0.364. The number of amides is 1. The van der Waals surface area contributed by atoms with Gasteiger partial charge in [0.25, 0.3) is 5.91 Å². The number of fused-ring (bicyclic) bond motifs is 3. The number of carbonyl (C=O) groups is 3. The molecule has 1 fully saturated rings. The van der Waals surface area contributed by atoms with Crippen LogP contribution in [0.4, 0.5) is 0 Å². The Morgan fingerprint density at radius 3 is 2.34 bits per heavy atom. The molecule has 3 aliphatic rings. The first-order valence-corrected chi connectivity index (χ1v) is 10.4. The Balaban J connectivity index is 2.07. The molecular weight excluding hydrogens is 418 g/mol. The van der Waals surface area contributed by atoms with Gasteiger partial charge in [-0.3, -0.25) is 14.4 Å². The van der Waals surface area contributed by atoms with E-state index in [9.17, 15) is 39.9 Å². The summed E-state index contributed by atoms with van der Waals surface area (Å²) in [6.45, 7) is 4.94. The molecule has 170 valence electrons. The molecule has 0 heterocycles. The third kappa shape index (κ3) is 2.49. The van der Waals surface area contributed by atoms with E-state index in [0.29, 0.717) is 5.56 Å². The number of rotatable bonds is 2. The minimum atomic E-state index is -2.85. The number of hydrogen-bond donors (Lipinski definition) is 6. The summed E-state index contributed by atoms with van der Waals surface area (Å²) in [5, 5.41) is 55.0. The second-order valence-corrected chi connectivity index (χ2v) is 9.15. The van der Waals surface area contributed by atoms with Gasteiger partial charge in [-0.2, -0.15) is 0 Å². The fourth-order valence-corrected chi connectivity index (χ4v) is 5.81. The van der Waals surface area contributed by atoms with Crippen LogP contribution in [0.5, 0.6) is 5.75 Å². The smallest absolute Gasteiger partial charge is 0.255 e. The summed E-state index contributed by atoms with van der Waals surface area (Å²) >= 11 is 0. The second-order valence-electron chi connectivity index (χ2n) is 9.15. The second kappa shape index (κ2) is 6.91. The molecule has 6 unspecified atom stereocenters. The summed E-state index contributed by atoms with van der Waals surface area (Å²) in [4.78, 5) is 38.7. The van der Waals surface area contributed by atoms with E-state index in [4.69, 9.17) is 5.73 Å². The Labute approximate surface area is 183 Å². The fraction of sp³-hybridized carbons (Fsp3) is 0.435. The number of carbonyl (C=O) groups excluding carboxylic acids is 3. The van der Waals surface area contributed by atoms with Gasteiger partial charge in [-0.05, 0) is 23.5 Å². The number of phenols is 1. The first kappa shape index (κ1) is 22.0. The Hall–Kier alpha value is -3.17. The van der Waals surface area contributed by atoms with Crippen molar-refractivity contribution in [1.29, 1.82) is 0 Å². The molecule has 0 aromatic heterocycles. The van der Waals surface area contributed by atoms with Crippen molar-refractivity contribution >= 4 is 23.2 Å². The van der Waals surface area contributed by atoms with Crippen LogP contribution in [-0.4, -0.2) is 54.7 Å². The molecule has 1 aromatic carbocycles. The van der Waals surface area contributed by atoms with Gasteiger partial charge in [0, 0.05) is 23.3 Å². The van der Waals surface area contributed by atoms with Crippen molar-refractivity contribution in [3.8, 4) is 5.75 Å². The van der Waals surface area contributed by atoms with Gasteiger partial charge in [0.05, 0.1) is 11.7 Å². The number of aromatic hydroxyl groups is 1. The molecule has 6 atom stereocenters. The van der Waals surface area contributed by atoms with Crippen molar-refractivity contribution < 1.29 is 39.9 Å². The Morgan fingerprint density at radius 2 is 1.78 bits per heavy atom. The van der Waals surface area contributed by atoms with E-state index in [1.807, 2.05) is 0 Å². The molecule has 7 N–H and O–H groups in total. The molecule has 0 aliphatic heterocycles. The van der Waals surface area contributed by atoms with Crippen LogP contribution in [-0.2, 0) is 14.4 Å². The standard InChI is InChI=1S/C23H25NO8/c1-7(2)11-16-19(28)12-8(3)9-5-4-6-10(25)13(9)18(27)14(12)20(29)23(16,32)21(30)15(17(11)26)22(24)31/h4-8,11-12,16,19,25,27-28,30,32H,1-3H3,(H2,24,31). The summed E-state index contributed by atoms with van der Waals surface area (Å²) in [5.41, 5.74) is 1.61. The topological polar surface area (TPSA) is 178 Å². The van der Waals surface area contributed by atoms with E-state index in [-0.39, 0.29) is 16.9 Å². The number of aliphatic hydroxyl groups excluding tert-OH is 3. The van der Waals surface area contributed by atoms with Crippen molar-refractivity contribution in [2.45, 2.75) is 38.4 Å². The summed E-state index contributed by atoms with van der Waals surface area (Å²) in [7, 11) is 0. The van der Waals surface area contributed by atoms with Gasteiger partial charge in [0.1, 0.15) is 22.8 Å². The number of phenolic OH excluding ortho intramolecular Hbond substituents is 1. The van der Waals surface area contributed by atoms with E-state index in [2.05, 4.69) is 0 Å². The SMILES string of the molecule is CC(C)C1C(=O)C(C(N)=O)=C(O)C2(O)C(=O)C3=C(O)c4c(O)cccc4C(C)C3C(O)C12. The molecule has 32 heavy (non-hydrogen) atoms. The van der Waals surface area contributed by atoms with Crippen molar-refractivity contribution in [2.24, 2.45) is 29.4 Å². The normalized spacial score (nSPS) is 34.4. The number of hydrogen-bond acceptors (Lipinski definition) is 8. The van der Waals surface area contributed by atoms with Crippen molar-refractivity contribution in [3.05, 3.63) is 46.2 Å². The Kier molecular flexibility index (Phi) is 4.76. The minimum Gasteiger partial charge on any atom is -0.508 e. The van der Waals surface area contributed by atoms with E-state index < -0.39 is 75.9 Å². The van der Waals surface area contributed by atoms with Crippen LogP contribution >= 0.6 is 0 Å². The van der Waals surface area contributed by atoms with Crippen molar-refractivity contribution in [1.82, 2.24) is 0 Å². The monoisotopic (exact) mass is 443 g/mol. The van der Waals surface area contributed by atoms with Crippen LogP contribution in [0.25, 0.3) is 5.76 Å². The van der Waals surface area contributed by atoms with E-state index in [1.54, 1.807) is 32.9 Å². The predicted octanol–water partition coefficient (Wildman–Crippen LogP) is 0.838. The van der Waals surface area contributed by atoms with Crippen molar-refractivity contribution in [2.75, 3.05) is 0 Å². The van der Waals surface area contributed by atoms with E-state index >= 15 is 0 Å². The number of primary amides is 1. The summed E-state index contributed by atoms with van der Waals surface area (Å²) < 4.78 is 0. The zero-order valence-electron chi connectivity index (χ0n) is 17.7. The average Bonchev–Trinajstić information content (AvgIpc) is 2.70. The molecule has 3 aliphatic carbocycles. The molecule has 0 radical (unpaired) electrons. The number of aliphatic hydroxyl groups is 4. The highest BCUT2D eigenvalue weighted by Gasteiger charge is 2.68. The highest BCUT2D eigenvalue weighted by molar-refractivity contribution is 6.23. The lowest BCUT2D eigenvalue weighted by molar-refractivity contribution is -0.171. The van der Waals surface area contributed by atoms with Gasteiger partial charge in [-0.25, -0.2) is 0 Å². The lowest BCUT2D eigenvalue weighted by Gasteiger charge is -2.53. The Morgan fingerprint density at radius 1 is 1.16 bits per heavy atom. The average molecular weight is 443 g/mol. The van der Waals surface area contributed by atoms with E-state index in [0.717, 1.165) is 0 Å². The number of benzene rings is 1. The molecule has 1 amide bonds. The van der Waals surface area contributed by atoms with Gasteiger partial charge in [-0.1, -0.05) is 32.9 Å². The lowest BCUT2D eigenvalue weighted by Crippen LogP contribution is -2.67. The number of nitrogens with two attached hydrogens (primary N) is 1. The molecule has 4 rings (SSSR count). The van der Waals surface area contributed by atoms with Gasteiger partial charge in [0.2, 0.25) is 5.78 Å². The van der Waals surface area contributed by atoms with Gasteiger partial charge in [-0.15, -0.1) is 0 Å². The zero-order chi connectivity index (χ0) is 23.9. The molecule has 9 heteroatoms. The summed E-state index contributed by atoms with van der Waals surface area (Å²) in [5.74, 6) is -10.3. The first-order chi connectivity index (χ1) is 14.9. The van der Waals surface area contributed by atoms with Crippen LogP contribution in [0.1, 0.15) is 37.8 Å². The third-order valence-corrected chi connectivity index (χ3v) is 7.24. The molecular formula is C23H25NO8. The first-order valence-electron chi connectivity index (χ1n) is 10.4. The molecule has 0 saturated heterocycles. The maximum Gasteiger partial charge on any atom is 0.255 e. The summed E-state index contributed by atoms with van der Waals surface area (Å²) in [6.07, 6.45) is -1.55. The van der Waals surface area contributed by atoms with Gasteiger partial charge < -0.3 is 31.3 Å². The van der Waals surface area contributed by atoms with Gasteiger partial charge >= 0.3 is 0 Å². The van der Waals surface area contributed by atoms with Gasteiger partial charge in [0.15, 0.2) is 11.4 Å². The third-order valence-electron chi connectivity index (χ3n) is 7.24. The molecule has 0 spiro atoms. The van der Waals surface area contributed by atoms with Crippen molar-refractivity contribution in [3.63, 3.8) is 0 Å². The van der Waals surface area contributed by atoms with Crippen LogP contribution in [0.15, 0.2) is 35.1 Å². The van der Waals surface area contributed by atoms with Crippen LogP contribution in [0.2, 0.25) is 0 Å². The van der Waals surface area contributed by atoms with Crippen LogP contribution in [0, 0.1) is 23.7 Å². The highest BCUT2D eigenvalue weighted by Crippen LogP contribution is 2.57. The highest BCUT2D eigenvalue weighted by atomic mass is 16.4. The Bertz CT molecular complexity index is 1130. The lowest BCUT2D eigenvalue weighted by atomic mass is 9.51. The molecule has 1 aromatic rings. The largest absolute Gasteiger partial charge is 0.508 e. The van der Waals surface area contributed by atoms with Crippen LogP contribution < -0.4 is 5.73 Å². The molecule has 0 bridgehead atoms. The van der Waals surface area contributed by atoms with Crippen LogP contribution in [0.3, 0.4) is 0 Å². The predicted molar refractivity (Wildman–Crippen MR) is 111 cm³/mol.